The highest BCUT2D eigenvalue weighted by molar-refractivity contribution is 6.24. The van der Waals surface area contributed by atoms with Crippen molar-refractivity contribution in [3.8, 4) is 11.5 Å². The van der Waals surface area contributed by atoms with Crippen molar-refractivity contribution in [1.82, 2.24) is 9.88 Å². The number of carbonyl (C=O) groups is 1. The molecule has 1 aromatic heterocycles. The summed E-state index contributed by atoms with van der Waals surface area (Å²) in [5, 5.41) is 2.07. The number of alkyl halides is 1. The van der Waals surface area contributed by atoms with Gasteiger partial charge in [-0.05, 0) is 60.4 Å². The number of rotatable bonds is 5. The molecule has 3 aromatic rings. The van der Waals surface area contributed by atoms with Crippen LogP contribution in [0.3, 0.4) is 0 Å². The van der Waals surface area contributed by atoms with E-state index < -0.39 is 18.0 Å². The molecule has 7 nitrogen and oxygen atoms in total. The highest BCUT2D eigenvalue weighted by atomic mass is 35.5. The molecule has 0 spiro atoms. The number of benzene rings is 2. The number of halogens is 2. The molecule has 6 rings (SSSR count). The second kappa shape index (κ2) is 10.2. The number of carbonyl (C=O) groups excluding carboxylic acids is 1. The van der Waals surface area contributed by atoms with Crippen molar-refractivity contribution < 1.29 is 28.1 Å². The van der Waals surface area contributed by atoms with Crippen molar-refractivity contribution in [1.29, 1.82) is 0 Å². The van der Waals surface area contributed by atoms with Crippen LogP contribution < -0.4 is 20.0 Å². The van der Waals surface area contributed by atoms with Gasteiger partial charge in [0.15, 0.2) is 6.29 Å². The average molecular weight is 525 g/mol. The van der Waals surface area contributed by atoms with E-state index in [0.717, 1.165) is 33.8 Å². The first-order valence-electron chi connectivity index (χ1n) is 12.3. The van der Waals surface area contributed by atoms with E-state index in [1.54, 1.807) is 4.90 Å². The molecule has 9 heteroatoms. The largest absolute Gasteiger partial charge is 0.488 e. The molecule has 0 radical (unpaired) electrons. The summed E-state index contributed by atoms with van der Waals surface area (Å²) in [7, 11) is 0. The van der Waals surface area contributed by atoms with Crippen LogP contribution in [0.4, 0.5) is 9.18 Å². The molecule has 1 N–H and O–H groups in total. The molecule has 0 saturated carbocycles. The van der Waals surface area contributed by atoms with Crippen molar-refractivity contribution in [2.45, 2.75) is 30.6 Å². The number of nitrogens with zero attached hydrogens (tertiary/aromatic N) is 1. The first kappa shape index (κ1) is 24.0. The quantitative estimate of drug-likeness (QED) is 0.516. The van der Waals surface area contributed by atoms with Crippen LogP contribution in [0.15, 0.2) is 48.5 Å². The van der Waals surface area contributed by atoms with Crippen LogP contribution in [0, 0.1) is 5.82 Å². The fourth-order valence-corrected chi connectivity index (χ4v) is 5.28. The Hall–Kier alpha value is -3.33. The second-order valence-corrected chi connectivity index (χ2v) is 9.75. The van der Waals surface area contributed by atoms with E-state index in [2.05, 4.69) is 17.1 Å². The molecule has 3 aliphatic rings. The minimum atomic E-state index is -0.506. The van der Waals surface area contributed by atoms with E-state index in [4.69, 9.17) is 30.5 Å². The Morgan fingerprint density at radius 2 is 1.81 bits per heavy atom. The van der Waals surface area contributed by atoms with Crippen LogP contribution in [0.2, 0.25) is 0 Å². The molecule has 37 heavy (non-hydrogen) atoms. The van der Waals surface area contributed by atoms with Gasteiger partial charge in [0.1, 0.15) is 30.0 Å². The van der Waals surface area contributed by atoms with Crippen LogP contribution in [0.1, 0.15) is 29.3 Å². The molecule has 1 amide bonds. The van der Waals surface area contributed by atoms with Crippen molar-refractivity contribution >= 4 is 29.8 Å². The summed E-state index contributed by atoms with van der Waals surface area (Å²) in [5.41, 5.74) is 2.99. The first-order chi connectivity index (χ1) is 18.0. The van der Waals surface area contributed by atoms with Crippen LogP contribution in [-0.2, 0) is 15.9 Å². The predicted molar refractivity (Wildman–Crippen MR) is 136 cm³/mol. The van der Waals surface area contributed by atoms with Gasteiger partial charge in [-0.25, -0.2) is 9.18 Å². The van der Waals surface area contributed by atoms with Crippen molar-refractivity contribution in [2.75, 3.05) is 26.4 Å². The lowest BCUT2D eigenvalue weighted by Crippen LogP contribution is -2.43. The molecule has 0 bridgehead atoms. The number of amides is 1. The Kier molecular flexibility index (Phi) is 6.63. The summed E-state index contributed by atoms with van der Waals surface area (Å²) >= 11 is 6.43. The molecule has 1 fully saturated rings. The highest BCUT2D eigenvalue weighted by Crippen LogP contribution is 2.34. The van der Waals surface area contributed by atoms with Gasteiger partial charge in [-0.2, -0.15) is 0 Å². The van der Waals surface area contributed by atoms with Crippen LogP contribution in [0.5, 0.6) is 11.5 Å². The van der Waals surface area contributed by atoms with Gasteiger partial charge >= 0.3 is 6.09 Å². The maximum Gasteiger partial charge on any atom is 0.416 e. The summed E-state index contributed by atoms with van der Waals surface area (Å²) in [6.07, 6.45) is 4.73. The maximum atomic E-state index is 13.4. The van der Waals surface area contributed by atoms with Gasteiger partial charge in [0.05, 0.1) is 18.6 Å². The standard InChI is InChI=1S/C28H26ClFN2O5/c29-18-3-10-24-23(15-18)22-11-12-32(28(33)37-21-8-4-19(30)5-9-21)27(26(22)31-24)17-1-6-20(7-2-17)36-16-25-34-13-14-35-25/h1-2,4-10,15,18,25,27,31H,3,11-14,16H2. The third-order valence-corrected chi connectivity index (χ3v) is 7.12. The summed E-state index contributed by atoms with van der Waals surface area (Å²) < 4.78 is 35.7. The van der Waals surface area contributed by atoms with Gasteiger partial charge in [0, 0.05) is 22.8 Å². The smallest absolute Gasteiger partial charge is 0.416 e. The molecular formula is C28H26ClFN2O5. The number of aromatic nitrogens is 1. The first-order valence-corrected chi connectivity index (χ1v) is 12.8. The van der Waals surface area contributed by atoms with Gasteiger partial charge < -0.3 is 23.9 Å². The molecular weight excluding hydrogens is 499 g/mol. The molecule has 192 valence electrons. The van der Waals surface area contributed by atoms with Gasteiger partial charge in [0.2, 0.25) is 0 Å². The van der Waals surface area contributed by atoms with E-state index in [-0.39, 0.29) is 17.4 Å². The average Bonchev–Trinajstić information content (AvgIpc) is 3.56. The highest BCUT2D eigenvalue weighted by Gasteiger charge is 2.35. The molecule has 2 aromatic carbocycles. The van der Waals surface area contributed by atoms with E-state index >= 15 is 0 Å². The number of aromatic amines is 1. The fraction of sp³-hybridized carbons (Fsp3) is 0.321. The molecule has 1 aliphatic carbocycles. The topological polar surface area (TPSA) is 73.0 Å². The molecule has 2 atom stereocenters. The lowest BCUT2D eigenvalue weighted by molar-refractivity contribution is -0.0684. The Balaban J connectivity index is 1.32. The van der Waals surface area contributed by atoms with E-state index in [1.807, 2.05) is 24.3 Å². The predicted octanol–water partition coefficient (Wildman–Crippen LogP) is 3.62. The van der Waals surface area contributed by atoms with Gasteiger partial charge in [-0.1, -0.05) is 24.3 Å². The monoisotopic (exact) mass is 524 g/mol. The zero-order chi connectivity index (χ0) is 25.4. The number of nitrogens with one attached hydrogen (secondary N) is 1. The van der Waals surface area contributed by atoms with Gasteiger partial charge in [-0.15, -0.1) is 11.6 Å². The van der Waals surface area contributed by atoms with Gasteiger partial charge in [0.25, 0.3) is 0 Å². The fourth-order valence-electron chi connectivity index (χ4n) is 5.07. The third kappa shape index (κ3) is 4.97. The van der Waals surface area contributed by atoms with E-state index in [1.165, 1.54) is 24.3 Å². The van der Waals surface area contributed by atoms with Crippen molar-refractivity contribution in [3.63, 3.8) is 0 Å². The van der Waals surface area contributed by atoms with E-state index in [9.17, 15) is 9.18 Å². The zero-order valence-corrected chi connectivity index (χ0v) is 20.7. The minimum Gasteiger partial charge on any atom is -0.488 e. The van der Waals surface area contributed by atoms with Gasteiger partial charge in [-0.3, -0.25) is 4.90 Å². The van der Waals surface area contributed by atoms with Crippen LogP contribution in [0.25, 0.3) is 12.2 Å². The SMILES string of the molecule is O=C(Oc1ccc(F)cc1)N1CCc2c([nH]c3c2=CC(Cl)CC=3)C1c1ccc(OCC2OCCO2)cc1. The summed E-state index contributed by atoms with van der Waals surface area (Å²) in [6.45, 7) is 1.90. The van der Waals surface area contributed by atoms with Crippen molar-refractivity contribution in [2.24, 2.45) is 0 Å². The number of fused-ring (bicyclic) bond motifs is 3. The molecule has 1 saturated heterocycles. The summed E-state index contributed by atoms with van der Waals surface area (Å²) in [4.78, 5) is 18.6. The summed E-state index contributed by atoms with van der Waals surface area (Å²) in [5.74, 6) is 0.570. The Bertz CT molecular complexity index is 1400. The lowest BCUT2D eigenvalue weighted by Gasteiger charge is -2.35. The number of ether oxygens (including phenoxy) is 4. The number of H-pyrrole nitrogens is 1. The maximum absolute atomic E-state index is 13.4. The van der Waals surface area contributed by atoms with Crippen LogP contribution in [-0.4, -0.2) is 54.0 Å². The third-order valence-electron chi connectivity index (χ3n) is 6.82. The lowest BCUT2D eigenvalue weighted by atomic mass is 9.92. The molecule has 2 unspecified atom stereocenters. The normalized spacial score (nSPS) is 21.0. The van der Waals surface area contributed by atoms with Crippen LogP contribution >= 0.6 is 11.6 Å². The molecule has 2 aliphatic heterocycles. The van der Waals surface area contributed by atoms with E-state index in [0.29, 0.717) is 38.5 Å². The number of hydrogen-bond acceptors (Lipinski definition) is 5. The summed E-state index contributed by atoms with van der Waals surface area (Å²) in [6, 6.07) is 12.6. The Morgan fingerprint density at radius 1 is 1.08 bits per heavy atom. The minimum absolute atomic E-state index is 0.0587. The van der Waals surface area contributed by atoms with Crippen molar-refractivity contribution in [3.05, 3.63) is 81.7 Å². The number of hydrogen-bond donors (Lipinski definition) is 1. The molecule has 3 heterocycles. The Labute approximate surface area is 218 Å². The zero-order valence-electron chi connectivity index (χ0n) is 20.0. The Morgan fingerprint density at radius 3 is 2.57 bits per heavy atom. The second-order valence-electron chi connectivity index (χ2n) is 9.19.